The number of fused-ring (bicyclic) bond motifs is 2. The molecule has 0 N–H and O–H groups in total. The zero-order valence-corrected chi connectivity index (χ0v) is 12.3. The third-order valence-electron chi connectivity index (χ3n) is 4.72. The largest absolute Gasteiger partial charge is 0.501 e. The van der Waals surface area contributed by atoms with E-state index in [2.05, 4.69) is 19.1 Å². The van der Waals surface area contributed by atoms with Gasteiger partial charge in [-0.05, 0) is 38.0 Å². The molecule has 2 aliphatic rings. The maximum atomic E-state index is 5.77. The van der Waals surface area contributed by atoms with Crippen molar-refractivity contribution < 1.29 is 9.47 Å². The molecule has 2 rings (SSSR count). The predicted molar refractivity (Wildman–Crippen MR) is 78.5 cm³/mol. The summed E-state index contributed by atoms with van der Waals surface area (Å²) in [6, 6.07) is 0. The average molecular weight is 262 g/mol. The molecule has 0 aromatic carbocycles. The third kappa shape index (κ3) is 2.58. The van der Waals surface area contributed by atoms with Gasteiger partial charge in [-0.1, -0.05) is 37.6 Å². The molecule has 3 unspecified atom stereocenters. The molecule has 19 heavy (non-hydrogen) atoms. The molecular formula is C17H26O2. The van der Waals surface area contributed by atoms with Gasteiger partial charge in [-0.2, -0.15) is 0 Å². The summed E-state index contributed by atoms with van der Waals surface area (Å²) in [7, 11) is 0. The Labute approximate surface area is 117 Å². The van der Waals surface area contributed by atoms with Gasteiger partial charge in [0.05, 0.1) is 25.7 Å². The van der Waals surface area contributed by atoms with Crippen LogP contribution in [0.25, 0.3) is 0 Å². The first-order valence-electron chi connectivity index (χ1n) is 7.42. The summed E-state index contributed by atoms with van der Waals surface area (Å²) in [6.07, 6.45) is 14.8. The van der Waals surface area contributed by atoms with Gasteiger partial charge < -0.3 is 9.47 Å². The van der Waals surface area contributed by atoms with Crippen molar-refractivity contribution in [3.8, 4) is 0 Å². The summed E-state index contributed by atoms with van der Waals surface area (Å²) in [5.74, 6) is 2.01. The highest BCUT2D eigenvalue weighted by Crippen LogP contribution is 2.57. The molecular weight excluding hydrogens is 236 g/mol. The molecule has 0 aliphatic heterocycles. The van der Waals surface area contributed by atoms with Crippen molar-refractivity contribution in [2.45, 2.75) is 33.6 Å². The highest BCUT2D eigenvalue weighted by molar-refractivity contribution is 5.19. The molecule has 1 saturated carbocycles. The van der Waals surface area contributed by atoms with E-state index in [1.807, 2.05) is 26.0 Å². The molecule has 2 heteroatoms. The minimum Gasteiger partial charge on any atom is -0.501 e. The van der Waals surface area contributed by atoms with Crippen LogP contribution >= 0.6 is 0 Å². The Morgan fingerprint density at radius 1 is 1.11 bits per heavy atom. The van der Waals surface area contributed by atoms with Crippen LogP contribution in [0.5, 0.6) is 0 Å². The average Bonchev–Trinajstić information content (AvgIpc) is 2.99. The molecule has 106 valence electrons. The molecule has 2 aliphatic carbocycles. The first-order valence-corrected chi connectivity index (χ1v) is 7.42. The van der Waals surface area contributed by atoms with Gasteiger partial charge in [0.25, 0.3) is 0 Å². The number of ether oxygens (including phenoxy) is 2. The quantitative estimate of drug-likeness (QED) is 0.503. The second-order valence-electron chi connectivity index (χ2n) is 5.70. The zero-order chi connectivity index (χ0) is 13.7. The summed E-state index contributed by atoms with van der Waals surface area (Å²) in [4.78, 5) is 0. The van der Waals surface area contributed by atoms with Gasteiger partial charge in [-0.3, -0.25) is 0 Å². The lowest BCUT2D eigenvalue weighted by Gasteiger charge is -2.40. The molecule has 0 amide bonds. The molecule has 0 radical (unpaired) electrons. The van der Waals surface area contributed by atoms with Crippen molar-refractivity contribution in [1.82, 2.24) is 0 Å². The van der Waals surface area contributed by atoms with E-state index in [1.165, 1.54) is 12.8 Å². The van der Waals surface area contributed by atoms with E-state index >= 15 is 0 Å². The van der Waals surface area contributed by atoms with Gasteiger partial charge in [0, 0.05) is 5.41 Å². The zero-order valence-electron chi connectivity index (χ0n) is 12.3. The van der Waals surface area contributed by atoms with Crippen LogP contribution in [-0.4, -0.2) is 13.2 Å². The molecule has 0 aromatic rings. The number of rotatable bonds is 7. The van der Waals surface area contributed by atoms with Crippen LogP contribution in [-0.2, 0) is 9.47 Å². The molecule has 1 fully saturated rings. The van der Waals surface area contributed by atoms with Crippen LogP contribution in [0, 0.1) is 23.2 Å². The topological polar surface area (TPSA) is 18.5 Å². The summed E-state index contributed by atoms with van der Waals surface area (Å²) < 4.78 is 11.5. The standard InChI is InChI=1S/C17H26O2/c1-4-9-18-12-17(13-19-10-5-2)15-8-7-14(11-15)16(17)6-3/h4-5,7-10,14-16H,6,11-13H2,1-3H3. The Morgan fingerprint density at radius 3 is 2.26 bits per heavy atom. The molecule has 0 saturated heterocycles. The summed E-state index contributed by atoms with van der Waals surface area (Å²) in [6.45, 7) is 7.79. The summed E-state index contributed by atoms with van der Waals surface area (Å²) in [5, 5.41) is 0. The van der Waals surface area contributed by atoms with Crippen molar-refractivity contribution >= 4 is 0 Å². The van der Waals surface area contributed by atoms with E-state index < -0.39 is 0 Å². The maximum absolute atomic E-state index is 5.77. The predicted octanol–water partition coefficient (Wildman–Crippen LogP) is 4.31. The van der Waals surface area contributed by atoms with Gasteiger partial charge >= 0.3 is 0 Å². The normalized spacial score (nSPS) is 36.7. The first kappa shape index (κ1) is 14.2. The summed E-state index contributed by atoms with van der Waals surface area (Å²) in [5.41, 5.74) is 0.146. The van der Waals surface area contributed by atoms with E-state index in [-0.39, 0.29) is 5.41 Å². The molecule has 3 atom stereocenters. The highest BCUT2D eigenvalue weighted by atomic mass is 16.5. The van der Waals surface area contributed by atoms with Crippen LogP contribution in [0.3, 0.4) is 0 Å². The second-order valence-corrected chi connectivity index (χ2v) is 5.70. The van der Waals surface area contributed by atoms with Gasteiger partial charge in [0.15, 0.2) is 0 Å². The van der Waals surface area contributed by atoms with Crippen molar-refractivity contribution in [3.63, 3.8) is 0 Å². The molecule has 2 nitrogen and oxygen atoms in total. The smallest absolute Gasteiger partial charge is 0.0970 e. The van der Waals surface area contributed by atoms with Crippen molar-refractivity contribution in [2.75, 3.05) is 13.2 Å². The van der Waals surface area contributed by atoms with Crippen LogP contribution in [0.4, 0.5) is 0 Å². The Balaban J connectivity index is 2.15. The van der Waals surface area contributed by atoms with Crippen LogP contribution in [0.2, 0.25) is 0 Å². The second kappa shape index (κ2) is 6.31. The molecule has 0 heterocycles. The number of hydrogen-bond donors (Lipinski definition) is 0. The Morgan fingerprint density at radius 2 is 1.74 bits per heavy atom. The monoisotopic (exact) mass is 262 g/mol. The Bertz CT molecular complexity index is 351. The fourth-order valence-corrected chi connectivity index (χ4v) is 3.93. The van der Waals surface area contributed by atoms with Crippen LogP contribution in [0.15, 0.2) is 36.8 Å². The SMILES string of the molecule is CC=COCC1(COC=CC)C2C=CC(C2)C1CC. The van der Waals surface area contributed by atoms with E-state index in [4.69, 9.17) is 9.47 Å². The lowest BCUT2D eigenvalue weighted by molar-refractivity contribution is -0.0195. The third-order valence-corrected chi connectivity index (χ3v) is 4.72. The minimum atomic E-state index is 0.146. The van der Waals surface area contributed by atoms with E-state index in [1.54, 1.807) is 12.5 Å². The van der Waals surface area contributed by atoms with Crippen molar-refractivity contribution in [1.29, 1.82) is 0 Å². The highest BCUT2D eigenvalue weighted by Gasteiger charge is 2.55. The van der Waals surface area contributed by atoms with Crippen LogP contribution < -0.4 is 0 Å². The lowest BCUT2D eigenvalue weighted by atomic mass is 9.68. The van der Waals surface area contributed by atoms with Gasteiger partial charge in [-0.15, -0.1) is 0 Å². The first-order chi connectivity index (χ1) is 9.28. The molecule has 0 spiro atoms. The van der Waals surface area contributed by atoms with E-state index in [0.29, 0.717) is 11.8 Å². The number of allylic oxidation sites excluding steroid dienone is 4. The Hall–Kier alpha value is -1.18. The molecule has 2 bridgehead atoms. The van der Waals surface area contributed by atoms with E-state index in [9.17, 15) is 0 Å². The molecule has 0 aromatic heterocycles. The number of hydrogen-bond acceptors (Lipinski definition) is 2. The maximum Gasteiger partial charge on any atom is 0.0970 e. The van der Waals surface area contributed by atoms with Crippen LogP contribution in [0.1, 0.15) is 33.6 Å². The van der Waals surface area contributed by atoms with Crippen molar-refractivity contribution in [2.24, 2.45) is 23.2 Å². The van der Waals surface area contributed by atoms with Gasteiger partial charge in [0.1, 0.15) is 0 Å². The minimum absolute atomic E-state index is 0.146. The van der Waals surface area contributed by atoms with E-state index in [0.717, 1.165) is 19.1 Å². The van der Waals surface area contributed by atoms with Gasteiger partial charge in [0.2, 0.25) is 0 Å². The Kier molecular flexibility index (Phi) is 4.73. The lowest BCUT2D eigenvalue weighted by Crippen LogP contribution is -2.42. The summed E-state index contributed by atoms with van der Waals surface area (Å²) >= 11 is 0. The van der Waals surface area contributed by atoms with Gasteiger partial charge in [-0.25, -0.2) is 0 Å². The fourth-order valence-electron chi connectivity index (χ4n) is 3.93. The van der Waals surface area contributed by atoms with Crippen molar-refractivity contribution in [3.05, 3.63) is 36.8 Å². The fraction of sp³-hybridized carbons (Fsp3) is 0.647.